The summed E-state index contributed by atoms with van der Waals surface area (Å²) in [5.74, 6) is -0.411. The Morgan fingerprint density at radius 3 is 2.50 bits per heavy atom. The highest BCUT2D eigenvalue weighted by atomic mass is 32.2. The molecule has 1 heterocycles. The van der Waals surface area contributed by atoms with Crippen LogP contribution in [0.3, 0.4) is 0 Å². The van der Waals surface area contributed by atoms with Crippen LogP contribution in [-0.2, 0) is 0 Å². The van der Waals surface area contributed by atoms with E-state index < -0.39 is 5.91 Å². The van der Waals surface area contributed by atoms with Gasteiger partial charge in [-0.25, -0.2) is 0 Å². The van der Waals surface area contributed by atoms with E-state index in [-0.39, 0.29) is 0 Å². The predicted octanol–water partition coefficient (Wildman–Crippen LogP) is 5.25. The van der Waals surface area contributed by atoms with Crippen LogP contribution in [0.1, 0.15) is 20.8 Å². The highest BCUT2D eigenvalue weighted by molar-refractivity contribution is 8.00. The van der Waals surface area contributed by atoms with E-state index in [1.54, 1.807) is 0 Å². The number of rotatable bonds is 5. The third-order valence-corrected chi connectivity index (χ3v) is 5.81. The molecule has 0 fully saturated rings. The number of benzene rings is 2. The fraction of sp³-hybridized carbons (Fsp3) is 0.105. The van der Waals surface area contributed by atoms with Gasteiger partial charge in [0.2, 0.25) is 0 Å². The number of nitrogens with one attached hydrogen (secondary N) is 1. The zero-order valence-electron chi connectivity index (χ0n) is 13.5. The Labute approximate surface area is 150 Å². The molecule has 1 aromatic heterocycles. The number of amides is 1. The fourth-order valence-electron chi connectivity index (χ4n) is 2.42. The Morgan fingerprint density at radius 2 is 1.83 bits per heavy atom. The van der Waals surface area contributed by atoms with Crippen molar-refractivity contribution in [2.24, 2.45) is 5.73 Å². The van der Waals surface area contributed by atoms with Crippen LogP contribution in [0.5, 0.6) is 0 Å². The van der Waals surface area contributed by atoms with E-state index in [0.717, 1.165) is 21.0 Å². The number of anilines is 1. The normalized spacial score (nSPS) is 10.6. The summed E-state index contributed by atoms with van der Waals surface area (Å²) in [6.45, 7) is 4.15. The second kappa shape index (κ2) is 7.11. The molecule has 1 amide bonds. The fourth-order valence-corrected chi connectivity index (χ4v) is 4.19. The molecule has 24 heavy (non-hydrogen) atoms. The minimum atomic E-state index is -0.411. The third-order valence-electron chi connectivity index (χ3n) is 3.62. The van der Waals surface area contributed by atoms with Crippen LogP contribution < -0.4 is 10.5 Å². The number of thiophene rings is 1. The average molecular weight is 355 g/mol. The number of nitrogens with two attached hydrogens (primary N) is 1. The molecular weight excluding hydrogens is 336 g/mol. The molecule has 3 aromatic rings. The van der Waals surface area contributed by atoms with Crippen molar-refractivity contribution in [1.82, 2.24) is 0 Å². The molecule has 0 radical (unpaired) electrons. The number of carbonyl (C=O) groups excluding carboxylic acids is 1. The van der Waals surface area contributed by atoms with Crippen LogP contribution in [0.4, 0.5) is 5.69 Å². The molecule has 0 saturated heterocycles. The van der Waals surface area contributed by atoms with Crippen molar-refractivity contribution in [2.75, 3.05) is 4.72 Å². The minimum absolute atomic E-state index is 0.411. The maximum atomic E-state index is 11.8. The van der Waals surface area contributed by atoms with Crippen LogP contribution in [0.2, 0.25) is 0 Å². The summed E-state index contributed by atoms with van der Waals surface area (Å²) in [6.07, 6.45) is 0. The van der Waals surface area contributed by atoms with Gasteiger partial charge in [0.15, 0.2) is 0 Å². The maximum absolute atomic E-state index is 11.8. The van der Waals surface area contributed by atoms with Crippen molar-refractivity contribution in [2.45, 2.75) is 18.7 Å². The summed E-state index contributed by atoms with van der Waals surface area (Å²) >= 11 is 2.91. The molecule has 0 aliphatic carbocycles. The van der Waals surface area contributed by atoms with Crippen LogP contribution in [0.25, 0.3) is 10.4 Å². The lowest BCUT2D eigenvalue weighted by Gasteiger charge is -2.08. The van der Waals surface area contributed by atoms with E-state index >= 15 is 0 Å². The molecule has 3 N–H and O–H groups in total. The number of carbonyl (C=O) groups is 1. The summed E-state index contributed by atoms with van der Waals surface area (Å²) in [4.78, 5) is 14.5. The van der Waals surface area contributed by atoms with Gasteiger partial charge in [0.05, 0.1) is 5.69 Å². The summed E-state index contributed by atoms with van der Waals surface area (Å²) in [5.41, 5.74) is 9.82. The van der Waals surface area contributed by atoms with Crippen molar-refractivity contribution >= 4 is 34.9 Å². The lowest BCUT2D eigenvalue weighted by Crippen LogP contribution is -2.10. The molecule has 0 aliphatic rings. The van der Waals surface area contributed by atoms with Crippen LogP contribution in [-0.4, -0.2) is 5.91 Å². The van der Waals surface area contributed by atoms with Gasteiger partial charge < -0.3 is 10.5 Å². The van der Waals surface area contributed by atoms with E-state index in [0.29, 0.717) is 4.88 Å². The molecule has 0 bridgehead atoms. The van der Waals surface area contributed by atoms with Crippen LogP contribution in [0, 0.1) is 13.8 Å². The third kappa shape index (κ3) is 3.63. The average Bonchev–Trinajstić information content (AvgIpc) is 2.99. The first-order chi connectivity index (χ1) is 11.5. The molecule has 3 nitrogen and oxygen atoms in total. The molecule has 0 unspecified atom stereocenters. The van der Waals surface area contributed by atoms with Gasteiger partial charge in [0.1, 0.15) is 4.88 Å². The van der Waals surface area contributed by atoms with E-state index in [2.05, 4.69) is 36.8 Å². The van der Waals surface area contributed by atoms with E-state index in [4.69, 9.17) is 5.73 Å². The maximum Gasteiger partial charge on any atom is 0.260 e. The Kier molecular flexibility index (Phi) is 4.92. The number of primary amides is 1. The van der Waals surface area contributed by atoms with Crippen LogP contribution >= 0.6 is 23.3 Å². The Bertz CT molecular complexity index is 872. The van der Waals surface area contributed by atoms with E-state index in [9.17, 15) is 4.79 Å². The van der Waals surface area contributed by atoms with Gasteiger partial charge in [-0.1, -0.05) is 48.0 Å². The van der Waals surface area contributed by atoms with Gasteiger partial charge in [-0.15, -0.1) is 11.3 Å². The molecular formula is C19H18N2OS2. The SMILES string of the molecule is Cc1ccc(SNc2cc(-c3ccccc3)sc2C(N)=O)c(C)c1. The number of hydrogen-bond donors (Lipinski definition) is 2. The van der Waals surface area contributed by atoms with Gasteiger partial charge in [0, 0.05) is 9.77 Å². The van der Waals surface area contributed by atoms with Crippen molar-refractivity contribution in [1.29, 1.82) is 0 Å². The summed E-state index contributed by atoms with van der Waals surface area (Å²) in [7, 11) is 0. The van der Waals surface area contributed by atoms with Crippen molar-refractivity contribution in [3.8, 4) is 10.4 Å². The monoisotopic (exact) mass is 354 g/mol. The molecule has 122 valence electrons. The van der Waals surface area contributed by atoms with Gasteiger partial charge >= 0.3 is 0 Å². The van der Waals surface area contributed by atoms with Crippen molar-refractivity contribution < 1.29 is 4.79 Å². The molecule has 0 atom stereocenters. The Balaban J connectivity index is 1.87. The summed E-state index contributed by atoms with van der Waals surface area (Å²) in [6, 6.07) is 18.3. The van der Waals surface area contributed by atoms with Gasteiger partial charge in [0.25, 0.3) is 5.91 Å². The number of hydrogen-bond acceptors (Lipinski definition) is 4. The first-order valence-electron chi connectivity index (χ1n) is 7.54. The molecule has 0 spiro atoms. The summed E-state index contributed by atoms with van der Waals surface area (Å²) in [5, 5.41) is 0. The van der Waals surface area contributed by atoms with E-state index in [1.165, 1.54) is 34.4 Å². The first kappa shape index (κ1) is 16.6. The van der Waals surface area contributed by atoms with E-state index in [1.807, 2.05) is 36.4 Å². The lowest BCUT2D eigenvalue weighted by molar-refractivity contribution is 0.100. The zero-order chi connectivity index (χ0) is 17.1. The quantitative estimate of drug-likeness (QED) is 0.615. The summed E-state index contributed by atoms with van der Waals surface area (Å²) < 4.78 is 3.29. The predicted molar refractivity (Wildman–Crippen MR) is 104 cm³/mol. The molecule has 0 saturated carbocycles. The standard InChI is InChI=1S/C19H18N2OS2/c1-12-8-9-16(13(2)10-12)24-21-15-11-17(23-18(15)19(20)22)14-6-4-3-5-7-14/h3-11,21H,1-2H3,(H2,20,22). The Morgan fingerprint density at radius 1 is 1.08 bits per heavy atom. The number of aryl methyl sites for hydroxylation is 2. The first-order valence-corrected chi connectivity index (χ1v) is 9.17. The van der Waals surface area contributed by atoms with Gasteiger partial charge in [-0.05, 0) is 49.1 Å². The topological polar surface area (TPSA) is 55.1 Å². The molecule has 3 rings (SSSR count). The lowest BCUT2D eigenvalue weighted by atomic mass is 10.2. The Hall–Kier alpha value is -2.24. The van der Waals surface area contributed by atoms with Gasteiger partial charge in [-0.2, -0.15) is 0 Å². The van der Waals surface area contributed by atoms with Crippen molar-refractivity contribution in [3.63, 3.8) is 0 Å². The largest absolute Gasteiger partial charge is 0.365 e. The molecule has 0 aliphatic heterocycles. The smallest absolute Gasteiger partial charge is 0.260 e. The molecule has 5 heteroatoms. The zero-order valence-corrected chi connectivity index (χ0v) is 15.1. The highest BCUT2D eigenvalue weighted by Gasteiger charge is 2.15. The second-order valence-corrected chi connectivity index (χ2v) is 7.46. The second-order valence-electron chi connectivity index (χ2n) is 5.56. The van der Waals surface area contributed by atoms with Crippen LogP contribution in [0.15, 0.2) is 59.5 Å². The highest BCUT2D eigenvalue weighted by Crippen LogP contribution is 2.37. The van der Waals surface area contributed by atoms with Crippen molar-refractivity contribution in [3.05, 3.63) is 70.6 Å². The molecule has 2 aromatic carbocycles. The minimum Gasteiger partial charge on any atom is -0.365 e. The van der Waals surface area contributed by atoms with Gasteiger partial charge in [-0.3, -0.25) is 4.79 Å².